The molecule has 0 aromatic heterocycles. The molecule has 0 aliphatic carbocycles. The summed E-state index contributed by atoms with van der Waals surface area (Å²) in [5.41, 5.74) is 2.02. The summed E-state index contributed by atoms with van der Waals surface area (Å²) in [5.74, 6) is 2.13. The highest BCUT2D eigenvalue weighted by Gasteiger charge is 2.11. The average Bonchev–Trinajstić information content (AvgIpc) is 2.64. The molecule has 5 nitrogen and oxygen atoms in total. The molecule has 5 heteroatoms. The minimum atomic E-state index is -0.597. The first-order valence-corrected chi connectivity index (χ1v) is 7.91. The van der Waals surface area contributed by atoms with Crippen molar-refractivity contribution in [1.82, 2.24) is 5.32 Å². The summed E-state index contributed by atoms with van der Waals surface area (Å²) in [4.78, 5) is 0. The standard InChI is InChI=1S/C19H25NO4/c1-22-16-7-4-14(5-8-16)10-11-20-13-17(21)15-6-9-18(23-2)19(12-15)24-3/h4-9,12,17,20-21H,10-11,13H2,1-3H3. The van der Waals surface area contributed by atoms with Crippen LogP contribution < -0.4 is 19.5 Å². The van der Waals surface area contributed by atoms with Gasteiger partial charge in [-0.05, 0) is 48.4 Å². The van der Waals surface area contributed by atoms with Crippen LogP contribution in [0.2, 0.25) is 0 Å². The fourth-order valence-corrected chi connectivity index (χ4v) is 2.44. The molecule has 2 N–H and O–H groups in total. The SMILES string of the molecule is COc1ccc(CCNCC(O)c2ccc(OC)c(OC)c2)cc1. The van der Waals surface area contributed by atoms with E-state index in [1.807, 2.05) is 30.3 Å². The molecule has 0 bridgehead atoms. The molecule has 0 spiro atoms. The molecule has 24 heavy (non-hydrogen) atoms. The van der Waals surface area contributed by atoms with Crippen LogP contribution in [0.3, 0.4) is 0 Å². The molecule has 0 saturated carbocycles. The van der Waals surface area contributed by atoms with Crippen LogP contribution in [0.1, 0.15) is 17.2 Å². The Bertz CT molecular complexity index is 628. The average molecular weight is 331 g/mol. The van der Waals surface area contributed by atoms with Gasteiger partial charge in [-0.3, -0.25) is 0 Å². The van der Waals surface area contributed by atoms with Crippen molar-refractivity contribution < 1.29 is 19.3 Å². The van der Waals surface area contributed by atoms with Gasteiger partial charge in [0, 0.05) is 6.54 Å². The zero-order valence-corrected chi connectivity index (χ0v) is 14.4. The molecule has 0 radical (unpaired) electrons. The minimum absolute atomic E-state index is 0.478. The van der Waals surface area contributed by atoms with E-state index in [1.165, 1.54) is 5.56 Å². The maximum atomic E-state index is 10.3. The predicted molar refractivity (Wildman–Crippen MR) is 94.1 cm³/mol. The first-order valence-electron chi connectivity index (χ1n) is 7.91. The molecule has 2 rings (SSSR count). The van der Waals surface area contributed by atoms with Crippen molar-refractivity contribution in [2.45, 2.75) is 12.5 Å². The molecule has 0 saturated heterocycles. The van der Waals surface area contributed by atoms with E-state index in [0.717, 1.165) is 24.3 Å². The maximum Gasteiger partial charge on any atom is 0.161 e. The van der Waals surface area contributed by atoms with Crippen LogP contribution in [-0.4, -0.2) is 39.5 Å². The second-order valence-corrected chi connectivity index (χ2v) is 5.43. The Morgan fingerprint density at radius 2 is 1.62 bits per heavy atom. The fraction of sp³-hybridized carbons (Fsp3) is 0.368. The van der Waals surface area contributed by atoms with Gasteiger partial charge in [0.1, 0.15) is 5.75 Å². The second kappa shape index (κ2) is 9.15. The number of hydrogen-bond donors (Lipinski definition) is 2. The van der Waals surface area contributed by atoms with E-state index in [2.05, 4.69) is 5.32 Å². The molecule has 0 heterocycles. The topological polar surface area (TPSA) is 60.0 Å². The lowest BCUT2D eigenvalue weighted by Crippen LogP contribution is -2.23. The number of methoxy groups -OCH3 is 3. The normalized spacial score (nSPS) is 11.8. The van der Waals surface area contributed by atoms with Crippen LogP contribution in [0.25, 0.3) is 0 Å². The van der Waals surface area contributed by atoms with E-state index in [-0.39, 0.29) is 0 Å². The molecule has 0 aliphatic heterocycles. The van der Waals surface area contributed by atoms with Crippen molar-refractivity contribution >= 4 is 0 Å². The van der Waals surface area contributed by atoms with Crippen molar-refractivity contribution in [3.63, 3.8) is 0 Å². The van der Waals surface area contributed by atoms with Gasteiger partial charge in [-0.15, -0.1) is 0 Å². The van der Waals surface area contributed by atoms with Crippen molar-refractivity contribution in [1.29, 1.82) is 0 Å². The highest BCUT2D eigenvalue weighted by molar-refractivity contribution is 5.43. The maximum absolute atomic E-state index is 10.3. The van der Waals surface area contributed by atoms with E-state index in [9.17, 15) is 5.11 Å². The van der Waals surface area contributed by atoms with Gasteiger partial charge in [-0.25, -0.2) is 0 Å². The van der Waals surface area contributed by atoms with Gasteiger partial charge in [-0.2, -0.15) is 0 Å². The zero-order chi connectivity index (χ0) is 17.4. The van der Waals surface area contributed by atoms with E-state index in [0.29, 0.717) is 18.0 Å². The molecule has 2 aromatic rings. The van der Waals surface area contributed by atoms with Crippen molar-refractivity contribution in [3.05, 3.63) is 53.6 Å². The predicted octanol–water partition coefficient (Wildman–Crippen LogP) is 2.58. The molecular formula is C19H25NO4. The lowest BCUT2D eigenvalue weighted by atomic mass is 10.1. The number of aliphatic hydroxyl groups is 1. The van der Waals surface area contributed by atoms with E-state index < -0.39 is 6.10 Å². The summed E-state index contributed by atoms with van der Waals surface area (Å²) >= 11 is 0. The zero-order valence-electron chi connectivity index (χ0n) is 14.4. The molecule has 2 aromatic carbocycles. The van der Waals surface area contributed by atoms with Crippen LogP contribution in [0.15, 0.2) is 42.5 Å². The molecule has 1 atom stereocenters. The fourth-order valence-electron chi connectivity index (χ4n) is 2.44. The summed E-state index contributed by atoms with van der Waals surface area (Å²) in [6.07, 6.45) is 0.295. The third-order valence-corrected chi connectivity index (χ3v) is 3.88. The number of rotatable bonds is 9. The smallest absolute Gasteiger partial charge is 0.161 e. The van der Waals surface area contributed by atoms with Gasteiger partial charge < -0.3 is 24.6 Å². The van der Waals surface area contributed by atoms with Crippen LogP contribution in [0.5, 0.6) is 17.2 Å². The van der Waals surface area contributed by atoms with Gasteiger partial charge in [0.15, 0.2) is 11.5 Å². The Hall–Kier alpha value is -2.24. The molecule has 1 unspecified atom stereocenters. The molecule has 0 aliphatic rings. The number of aliphatic hydroxyl groups excluding tert-OH is 1. The van der Waals surface area contributed by atoms with E-state index in [1.54, 1.807) is 33.5 Å². The lowest BCUT2D eigenvalue weighted by Gasteiger charge is -2.15. The first-order chi connectivity index (χ1) is 11.7. The highest BCUT2D eigenvalue weighted by atomic mass is 16.5. The van der Waals surface area contributed by atoms with Crippen molar-refractivity contribution in [2.24, 2.45) is 0 Å². The highest BCUT2D eigenvalue weighted by Crippen LogP contribution is 2.29. The molecule has 130 valence electrons. The van der Waals surface area contributed by atoms with Crippen LogP contribution in [0.4, 0.5) is 0 Å². The summed E-state index contributed by atoms with van der Waals surface area (Å²) in [6, 6.07) is 13.4. The third kappa shape index (κ3) is 4.88. The van der Waals surface area contributed by atoms with Gasteiger partial charge >= 0.3 is 0 Å². The van der Waals surface area contributed by atoms with Crippen molar-refractivity contribution in [2.75, 3.05) is 34.4 Å². The Balaban J connectivity index is 1.81. The Labute approximate surface area is 143 Å². The number of benzene rings is 2. The summed E-state index contributed by atoms with van der Waals surface area (Å²) in [5, 5.41) is 13.6. The van der Waals surface area contributed by atoms with Crippen molar-refractivity contribution in [3.8, 4) is 17.2 Å². The first kappa shape index (κ1) is 18.1. The molecule has 0 fully saturated rings. The summed E-state index contributed by atoms with van der Waals surface area (Å²) in [7, 11) is 4.84. The van der Waals surface area contributed by atoms with Crippen LogP contribution in [-0.2, 0) is 6.42 Å². The summed E-state index contributed by atoms with van der Waals surface area (Å²) < 4.78 is 15.6. The number of hydrogen-bond acceptors (Lipinski definition) is 5. The lowest BCUT2D eigenvalue weighted by molar-refractivity contribution is 0.174. The molecular weight excluding hydrogens is 306 g/mol. The number of ether oxygens (including phenoxy) is 3. The van der Waals surface area contributed by atoms with Crippen LogP contribution >= 0.6 is 0 Å². The van der Waals surface area contributed by atoms with E-state index in [4.69, 9.17) is 14.2 Å². The Morgan fingerprint density at radius 3 is 2.25 bits per heavy atom. The van der Waals surface area contributed by atoms with Gasteiger partial charge in [0.25, 0.3) is 0 Å². The third-order valence-electron chi connectivity index (χ3n) is 3.88. The second-order valence-electron chi connectivity index (χ2n) is 5.43. The quantitative estimate of drug-likeness (QED) is 0.692. The Kier molecular flexibility index (Phi) is 6.90. The molecule has 0 amide bonds. The van der Waals surface area contributed by atoms with Gasteiger partial charge in [-0.1, -0.05) is 18.2 Å². The van der Waals surface area contributed by atoms with Gasteiger partial charge in [0.05, 0.1) is 27.4 Å². The number of nitrogens with one attached hydrogen (secondary N) is 1. The summed E-state index contributed by atoms with van der Waals surface area (Å²) in [6.45, 7) is 1.27. The largest absolute Gasteiger partial charge is 0.497 e. The van der Waals surface area contributed by atoms with Gasteiger partial charge in [0.2, 0.25) is 0 Å². The minimum Gasteiger partial charge on any atom is -0.497 e. The van der Waals surface area contributed by atoms with Crippen LogP contribution in [0, 0.1) is 0 Å². The monoisotopic (exact) mass is 331 g/mol. The van der Waals surface area contributed by atoms with E-state index >= 15 is 0 Å². The Morgan fingerprint density at radius 1 is 0.917 bits per heavy atom.